The number of rotatable bonds is 5. The molecule has 1 aliphatic heterocycles. The summed E-state index contributed by atoms with van der Waals surface area (Å²) in [6.07, 6.45) is 2.38. The van der Waals surface area contributed by atoms with Gasteiger partial charge in [0.25, 0.3) is 0 Å². The van der Waals surface area contributed by atoms with Gasteiger partial charge in [-0.05, 0) is 44.1 Å². The Kier molecular flexibility index (Phi) is 5.27. The van der Waals surface area contributed by atoms with Crippen molar-refractivity contribution in [3.8, 4) is 0 Å². The first kappa shape index (κ1) is 16.0. The lowest BCUT2D eigenvalue weighted by Gasteiger charge is -2.50. The Morgan fingerprint density at radius 1 is 1.45 bits per heavy atom. The molecule has 20 heavy (non-hydrogen) atoms. The molecule has 1 aromatic heterocycles. The molecule has 114 valence electrons. The molecule has 2 rings (SSSR count). The molecule has 2 heterocycles. The highest BCUT2D eigenvalue weighted by Gasteiger charge is 2.37. The molecule has 0 bridgehead atoms. The van der Waals surface area contributed by atoms with Gasteiger partial charge in [0.2, 0.25) is 0 Å². The van der Waals surface area contributed by atoms with Crippen LogP contribution in [0.5, 0.6) is 0 Å². The summed E-state index contributed by atoms with van der Waals surface area (Å²) in [4.78, 5) is 4.27. The van der Waals surface area contributed by atoms with Crippen LogP contribution < -0.4 is 5.32 Å². The highest BCUT2D eigenvalue weighted by atomic mass is 32.1. The van der Waals surface area contributed by atoms with Crippen molar-refractivity contribution in [3.63, 3.8) is 0 Å². The van der Waals surface area contributed by atoms with Gasteiger partial charge in [-0.2, -0.15) is 0 Å². The third-order valence-corrected chi connectivity index (χ3v) is 5.79. The van der Waals surface area contributed by atoms with Gasteiger partial charge in [0, 0.05) is 35.6 Å². The summed E-state index contributed by atoms with van der Waals surface area (Å²) in [7, 11) is 0. The van der Waals surface area contributed by atoms with Crippen LogP contribution in [0.25, 0.3) is 0 Å². The van der Waals surface area contributed by atoms with Gasteiger partial charge in [-0.3, -0.25) is 4.90 Å². The van der Waals surface area contributed by atoms with Crippen LogP contribution in [0.15, 0.2) is 17.5 Å². The molecule has 1 fully saturated rings. The van der Waals surface area contributed by atoms with Gasteiger partial charge < -0.3 is 5.32 Å². The van der Waals surface area contributed by atoms with Gasteiger partial charge in [-0.25, -0.2) is 0 Å². The van der Waals surface area contributed by atoms with Crippen molar-refractivity contribution in [2.75, 3.05) is 13.1 Å². The Labute approximate surface area is 128 Å². The highest BCUT2D eigenvalue weighted by molar-refractivity contribution is 7.09. The third-order valence-electron chi connectivity index (χ3n) is 4.89. The fourth-order valence-corrected chi connectivity index (χ4v) is 4.05. The highest BCUT2D eigenvalue weighted by Crippen LogP contribution is 2.26. The smallest absolute Gasteiger partial charge is 0.0278 e. The van der Waals surface area contributed by atoms with Crippen LogP contribution in [0.4, 0.5) is 0 Å². The van der Waals surface area contributed by atoms with Crippen LogP contribution in [-0.2, 0) is 6.42 Å². The van der Waals surface area contributed by atoms with Crippen molar-refractivity contribution in [2.45, 2.75) is 65.1 Å². The van der Waals surface area contributed by atoms with Gasteiger partial charge in [0.05, 0.1) is 0 Å². The second-order valence-corrected chi connectivity index (χ2v) is 7.94. The lowest BCUT2D eigenvalue weighted by atomic mass is 9.88. The van der Waals surface area contributed by atoms with Crippen molar-refractivity contribution in [1.82, 2.24) is 10.2 Å². The first-order valence-electron chi connectivity index (χ1n) is 7.98. The topological polar surface area (TPSA) is 15.3 Å². The number of piperazine rings is 1. The van der Waals surface area contributed by atoms with Crippen LogP contribution in [0.2, 0.25) is 0 Å². The lowest BCUT2D eigenvalue weighted by Crippen LogP contribution is -2.65. The molecule has 0 saturated carbocycles. The minimum atomic E-state index is 0.273. The van der Waals surface area contributed by atoms with E-state index in [1.807, 2.05) is 11.3 Å². The summed E-state index contributed by atoms with van der Waals surface area (Å²) in [5.41, 5.74) is 0.273. The van der Waals surface area contributed by atoms with Crippen molar-refractivity contribution in [3.05, 3.63) is 22.4 Å². The molecule has 3 atom stereocenters. The summed E-state index contributed by atoms with van der Waals surface area (Å²) in [6, 6.07) is 5.71. The fraction of sp³-hybridized carbons (Fsp3) is 0.765. The molecule has 1 aliphatic rings. The van der Waals surface area contributed by atoms with E-state index in [9.17, 15) is 0 Å². The van der Waals surface area contributed by atoms with Gasteiger partial charge in [0.15, 0.2) is 0 Å². The number of nitrogens with one attached hydrogen (secondary N) is 1. The molecule has 0 amide bonds. The average Bonchev–Trinajstić information content (AvgIpc) is 2.91. The Bertz CT molecular complexity index is 401. The zero-order chi connectivity index (χ0) is 14.8. The van der Waals surface area contributed by atoms with Crippen LogP contribution in [0.1, 0.15) is 45.9 Å². The van der Waals surface area contributed by atoms with Gasteiger partial charge in [-0.1, -0.05) is 26.8 Å². The molecule has 0 radical (unpaired) electrons. The summed E-state index contributed by atoms with van der Waals surface area (Å²) in [5.74, 6) is 0.703. The predicted molar refractivity (Wildman–Crippen MR) is 89.5 cm³/mol. The van der Waals surface area contributed by atoms with Gasteiger partial charge >= 0.3 is 0 Å². The number of hydrogen-bond acceptors (Lipinski definition) is 3. The van der Waals surface area contributed by atoms with Crippen molar-refractivity contribution >= 4 is 11.3 Å². The summed E-state index contributed by atoms with van der Waals surface area (Å²) in [6.45, 7) is 14.1. The quantitative estimate of drug-likeness (QED) is 0.889. The average molecular weight is 295 g/mol. The van der Waals surface area contributed by atoms with Crippen molar-refractivity contribution < 1.29 is 0 Å². The SMILES string of the molecule is CCC1(C)CN(C(C)Cc2cccs2)C(C(C)C)CN1. The lowest BCUT2D eigenvalue weighted by molar-refractivity contribution is 0.0305. The van der Waals surface area contributed by atoms with E-state index in [2.05, 4.69) is 62.3 Å². The van der Waals surface area contributed by atoms with Crippen molar-refractivity contribution in [2.24, 2.45) is 5.92 Å². The maximum Gasteiger partial charge on any atom is 0.0278 e. The van der Waals surface area contributed by atoms with E-state index in [0.717, 1.165) is 6.54 Å². The molecular formula is C17H30N2S. The molecule has 2 nitrogen and oxygen atoms in total. The van der Waals surface area contributed by atoms with Crippen LogP contribution in [-0.4, -0.2) is 35.6 Å². The first-order valence-corrected chi connectivity index (χ1v) is 8.86. The maximum atomic E-state index is 3.78. The first-order chi connectivity index (χ1) is 9.45. The van der Waals surface area contributed by atoms with Crippen LogP contribution in [0, 0.1) is 5.92 Å². The second kappa shape index (κ2) is 6.59. The zero-order valence-electron chi connectivity index (χ0n) is 13.6. The van der Waals surface area contributed by atoms with Gasteiger partial charge in [0.1, 0.15) is 0 Å². The fourth-order valence-electron chi connectivity index (χ4n) is 3.22. The molecule has 1 aromatic rings. The van der Waals surface area contributed by atoms with E-state index >= 15 is 0 Å². The van der Waals surface area contributed by atoms with E-state index in [-0.39, 0.29) is 5.54 Å². The van der Waals surface area contributed by atoms with E-state index in [1.165, 1.54) is 24.3 Å². The molecule has 3 unspecified atom stereocenters. The van der Waals surface area contributed by atoms with E-state index in [1.54, 1.807) is 0 Å². The van der Waals surface area contributed by atoms with Crippen LogP contribution >= 0.6 is 11.3 Å². The molecule has 1 N–H and O–H groups in total. The molecule has 1 saturated heterocycles. The number of nitrogens with zero attached hydrogens (tertiary/aromatic N) is 1. The molecule has 0 aliphatic carbocycles. The molecular weight excluding hydrogens is 264 g/mol. The Morgan fingerprint density at radius 2 is 2.20 bits per heavy atom. The number of thiophene rings is 1. The van der Waals surface area contributed by atoms with E-state index < -0.39 is 0 Å². The van der Waals surface area contributed by atoms with E-state index in [4.69, 9.17) is 0 Å². The van der Waals surface area contributed by atoms with Gasteiger partial charge in [-0.15, -0.1) is 11.3 Å². The third kappa shape index (κ3) is 3.63. The van der Waals surface area contributed by atoms with E-state index in [0.29, 0.717) is 18.0 Å². The van der Waals surface area contributed by atoms with Crippen molar-refractivity contribution in [1.29, 1.82) is 0 Å². The minimum Gasteiger partial charge on any atom is -0.309 e. The maximum absolute atomic E-state index is 3.78. The normalized spacial score (nSPS) is 29.8. The largest absolute Gasteiger partial charge is 0.309 e. The summed E-state index contributed by atoms with van der Waals surface area (Å²) < 4.78 is 0. The minimum absolute atomic E-state index is 0.273. The predicted octanol–water partition coefficient (Wildman–Crippen LogP) is 3.78. The molecule has 0 spiro atoms. The molecule has 3 heteroatoms. The Morgan fingerprint density at radius 3 is 2.75 bits per heavy atom. The van der Waals surface area contributed by atoms with Crippen LogP contribution in [0.3, 0.4) is 0 Å². The Balaban J connectivity index is 2.10. The molecule has 0 aromatic carbocycles. The Hall–Kier alpha value is -0.380. The zero-order valence-corrected chi connectivity index (χ0v) is 14.5. The summed E-state index contributed by atoms with van der Waals surface area (Å²) in [5, 5.41) is 5.97. The standard InChI is InChI=1S/C17H30N2S/c1-6-17(5)12-19(16(11-18-17)13(2)3)14(4)10-15-8-7-9-20-15/h7-9,13-14,16,18H,6,10-12H2,1-5H3. The summed E-state index contributed by atoms with van der Waals surface area (Å²) >= 11 is 1.89. The monoisotopic (exact) mass is 294 g/mol. The number of hydrogen-bond donors (Lipinski definition) is 1. The second-order valence-electron chi connectivity index (χ2n) is 6.91.